The number of hydrogen-bond acceptors (Lipinski definition) is 2. The Morgan fingerprint density at radius 2 is 1.83 bits per heavy atom. The van der Waals surface area contributed by atoms with Crippen LogP contribution in [0.1, 0.15) is 49.3 Å². The average molecular weight is 318 g/mol. The summed E-state index contributed by atoms with van der Waals surface area (Å²) in [4.78, 5) is 12.0. The predicted octanol–water partition coefficient (Wildman–Crippen LogP) is 4.88. The van der Waals surface area contributed by atoms with E-state index in [1.807, 2.05) is 12.1 Å². The highest BCUT2D eigenvalue weighted by atomic mass is 16.1. The van der Waals surface area contributed by atoms with Crippen LogP contribution in [0.25, 0.3) is 11.6 Å². The quantitative estimate of drug-likeness (QED) is 0.787. The van der Waals surface area contributed by atoms with Gasteiger partial charge in [-0.05, 0) is 42.0 Å². The Balaban J connectivity index is 1.83. The topological polar surface area (TPSA) is 41.1 Å². The van der Waals surface area contributed by atoms with Crippen molar-refractivity contribution in [3.63, 3.8) is 0 Å². The lowest BCUT2D eigenvalue weighted by atomic mass is 9.81. The first-order valence-electron chi connectivity index (χ1n) is 8.61. The minimum absolute atomic E-state index is 0.0715. The molecule has 1 heterocycles. The summed E-state index contributed by atoms with van der Waals surface area (Å²) in [5.74, 6) is 0.567. The molecule has 1 aliphatic heterocycles. The smallest absolute Gasteiger partial charge is 0.226 e. The van der Waals surface area contributed by atoms with Crippen molar-refractivity contribution >= 4 is 28.9 Å². The van der Waals surface area contributed by atoms with Gasteiger partial charge in [-0.25, -0.2) is 0 Å². The SMILES string of the molecule is CC1CC(c2cccc3c2N[C@H](C)CC(=O)N3)=Cc2ccccc21. The second-order valence-corrected chi connectivity index (χ2v) is 6.93. The molecule has 2 aromatic carbocycles. The van der Waals surface area contributed by atoms with Crippen molar-refractivity contribution < 1.29 is 4.79 Å². The van der Waals surface area contributed by atoms with Gasteiger partial charge in [-0.1, -0.05) is 49.4 Å². The third-order valence-electron chi connectivity index (χ3n) is 4.95. The summed E-state index contributed by atoms with van der Waals surface area (Å²) in [6.07, 6.45) is 3.80. The van der Waals surface area contributed by atoms with Gasteiger partial charge in [0.25, 0.3) is 0 Å². The highest BCUT2D eigenvalue weighted by Gasteiger charge is 2.24. The first kappa shape index (κ1) is 15.0. The summed E-state index contributed by atoms with van der Waals surface area (Å²) in [5.41, 5.74) is 7.17. The molecule has 24 heavy (non-hydrogen) atoms. The summed E-state index contributed by atoms with van der Waals surface area (Å²) < 4.78 is 0. The van der Waals surface area contributed by atoms with Crippen molar-refractivity contribution in [2.24, 2.45) is 0 Å². The zero-order valence-electron chi connectivity index (χ0n) is 14.1. The summed E-state index contributed by atoms with van der Waals surface area (Å²) in [6.45, 7) is 4.34. The van der Waals surface area contributed by atoms with Crippen molar-refractivity contribution in [3.05, 3.63) is 59.2 Å². The van der Waals surface area contributed by atoms with E-state index >= 15 is 0 Å². The second kappa shape index (κ2) is 5.82. The minimum Gasteiger partial charge on any atom is -0.380 e. The third-order valence-corrected chi connectivity index (χ3v) is 4.95. The zero-order chi connectivity index (χ0) is 16.7. The van der Waals surface area contributed by atoms with E-state index < -0.39 is 0 Å². The van der Waals surface area contributed by atoms with E-state index in [1.54, 1.807) is 0 Å². The van der Waals surface area contributed by atoms with Crippen LogP contribution in [0.4, 0.5) is 11.4 Å². The summed E-state index contributed by atoms with van der Waals surface area (Å²) >= 11 is 0. The molecule has 0 fully saturated rings. The summed E-state index contributed by atoms with van der Waals surface area (Å²) in [5, 5.41) is 6.57. The lowest BCUT2D eigenvalue weighted by Crippen LogP contribution is -2.19. The van der Waals surface area contributed by atoms with E-state index in [1.165, 1.54) is 22.3 Å². The lowest BCUT2D eigenvalue weighted by Gasteiger charge is -2.25. The molecule has 1 aliphatic carbocycles. The Bertz CT molecular complexity index is 837. The standard InChI is InChI=1S/C21H22N2O/c1-13-10-16(12-15-6-3-4-7-17(13)15)18-8-5-9-19-21(18)22-14(2)11-20(24)23-19/h3-9,12-14,22H,10-11H2,1-2H3,(H,23,24)/t13?,14-/m1/s1. The first-order chi connectivity index (χ1) is 11.6. The number of anilines is 2. The number of rotatable bonds is 1. The molecular formula is C21H22N2O. The third kappa shape index (κ3) is 2.60. The summed E-state index contributed by atoms with van der Waals surface area (Å²) in [6, 6.07) is 14.9. The number of amides is 1. The van der Waals surface area contributed by atoms with Crippen LogP contribution >= 0.6 is 0 Å². The minimum atomic E-state index is 0.0715. The average Bonchev–Trinajstić information content (AvgIpc) is 2.70. The van der Waals surface area contributed by atoms with Gasteiger partial charge < -0.3 is 10.6 Å². The van der Waals surface area contributed by atoms with Crippen LogP contribution in [0, 0.1) is 0 Å². The Kier molecular flexibility index (Phi) is 3.64. The fourth-order valence-corrected chi connectivity index (χ4v) is 3.82. The fraction of sp³-hybridized carbons (Fsp3) is 0.286. The molecule has 122 valence electrons. The predicted molar refractivity (Wildman–Crippen MR) is 100 cm³/mol. The molecule has 2 N–H and O–H groups in total. The Morgan fingerprint density at radius 1 is 1.00 bits per heavy atom. The molecule has 2 aliphatic rings. The van der Waals surface area contributed by atoms with Gasteiger partial charge in [0.1, 0.15) is 0 Å². The highest BCUT2D eigenvalue weighted by molar-refractivity contribution is 6.00. The van der Waals surface area contributed by atoms with Gasteiger partial charge in [-0.2, -0.15) is 0 Å². The lowest BCUT2D eigenvalue weighted by molar-refractivity contribution is -0.116. The molecule has 3 nitrogen and oxygen atoms in total. The largest absolute Gasteiger partial charge is 0.380 e. The molecule has 0 bridgehead atoms. The van der Waals surface area contributed by atoms with Crippen LogP contribution < -0.4 is 10.6 Å². The molecule has 0 saturated carbocycles. The van der Waals surface area contributed by atoms with Crippen LogP contribution in [-0.2, 0) is 4.79 Å². The van der Waals surface area contributed by atoms with Crippen molar-refractivity contribution in [1.29, 1.82) is 0 Å². The number of hydrogen-bond donors (Lipinski definition) is 2. The normalized spacial score (nSPS) is 22.4. The van der Waals surface area contributed by atoms with Crippen molar-refractivity contribution in [1.82, 2.24) is 0 Å². The van der Waals surface area contributed by atoms with Crippen molar-refractivity contribution in [2.45, 2.75) is 38.6 Å². The molecule has 0 saturated heterocycles. The van der Waals surface area contributed by atoms with Gasteiger partial charge in [-0.15, -0.1) is 0 Å². The maximum atomic E-state index is 12.0. The molecule has 1 unspecified atom stereocenters. The second-order valence-electron chi connectivity index (χ2n) is 6.93. The molecule has 0 spiro atoms. The van der Waals surface area contributed by atoms with Gasteiger partial charge in [0.2, 0.25) is 5.91 Å². The molecule has 4 rings (SSSR count). The zero-order valence-corrected chi connectivity index (χ0v) is 14.1. The molecule has 0 aromatic heterocycles. The van der Waals surface area contributed by atoms with E-state index in [0.29, 0.717) is 12.3 Å². The number of nitrogens with one attached hydrogen (secondary N) is 2. The first-order valence-corrected chi connectivity index (χ1v) is 8.61. The molecular weight excluding hydrogens is 296 g/mol. The molecule has 2 aromatic rings. The number of fused-ring (bicyclic) bond motifs is 2. The van der Waals surface area contributed by atoms with Gasteiger partial charge in [0, 0.05) is 18.0 Å². The maximum absolute atomic E-state index is 12.0. The fourth-order valence-electron chi connectivity index (χ4n) is 3.82. The number of carbonyl (C=O) groups is 1. The Labute approximate surface area is 142 Å². The van der Waals surface area contributed by atoms with Crippen LogP contribution in [0.3, 0.4) is 0 Å². The van der Waals surface area contributed by atoms with E-state index in [0.717, 1.165) is 17.8 Å². The van der Waals surface area contributed by atoms with Gasteiger partial charge in [0.15, 0.2) is 0 Å². The maximum Gasteiger partial charge on any atom is 0.226 e. The molecule has 0 radical (unpaired) electrons. The van der Waals surface area contributed by atoms with Crippen LogP contribution in [0.5, 0.6) is 0 Å². The van der Waals surface area contributed by atoms with Crippen molar-refractivity contribution in [2.75, 3.05) is 10.6 Å². The van der Waals surface area contributed by atoms with Crippen LogP contribution in [0.15, 0.2) is 42.5 Å². The molecule has 2 atom stereocenters. The molecule has 1 amide bonds. The monoisotopic (exact) mass is 318 g/mol. The van der Waals surface area contributed by atoms with Gasteiger partial charge in [-0.3, -0.25) is 4.79 Å². The van der Waals surface area contributed by atoms with Gasteiger partial charge >= 0.3 is 0 Å². The van der Waals surface area contributed by atoms with Crippen molar-refractivity contribution in [3.8, 4) is 0 Å². The number of carbonyl (C=O) groups excluding carboxylic acids is 1. The van der Waals surface area contributed by atoms with Gasteiger partial charge in [0.05, 0.1) is 11.4 Å². The van der Waals surface area contributed by atoms with Crippen LogP contribution in [0.2, 0.25) is 0 Å². The number of para-hydroxylation sites is 1. The molecule has 3 heteroatoms. The Morgan fingerprint density at radius 3 is 2.71 bits per heavy atom. The van der Waals surface area contributed by atoms with Crippen LogP contribution in [-0.4, -0.2) is 11.9 Å². The van der Waals surface area contributed by atoms with E-state index in [2.05, 4.69) is 60.9 Å². The number of allylic oxidation sites excluding steroid dienone is 1. The Hall–Kier alpha value is -2.55. The van der Waals surface area contributed by atoms with E-state index in [-0.39, 0.29) is 11.9 Å². The van der Waals surface area contributed by atoms with E-state index in [9.17, 15) is 4.79 Å². The van der Waals surface area contributed by atoms with E-state index in [4.69, 9.17) is 0 Å². The highest BCUT2D eigenvalue weighted by Crippen LogP contribution is 2.42. The summed E-state index contributed by atoms with van der Waals surface area (Å²) in [7, 11) is 0. The number of benzene rings is 2.